The van der Waals surface area contributed by atoms with Crippen LogP contribution in [-0.2, 0) is 19.4 Å². The number of carbonyl (C=O) groups excluding carboxylic acids is 1. The van der Waals surface area contributed by atoms with Crippen molar-refractivity contribution in [3.63, 3.8) is 0 Å². The lowest BCUT2D eigenvalue weighted by molar-refractivity contribution is -0.147. The molecule has 2 atom stereocenters. The number of aryl methyl sites for hydroxylation is 1. The predicted octanol–water partition coefficient (Wildman–Crippen LogP) is 1.61. The molecule has 0 saturated heterocycles. The van der Waals surface area contributed by atoms with Gasteiger partial charge < -0.3 is 4.74 Å². The highest BCUT2D eigenvalue weighted by atomic mass is 32.2. The summed E-state index contributed by atoms with van der Waals surface area (Å²) >= 11 is 0. The first-order valence-electron chi connectivity index (χ1n) is 6.27. The van der Waals surface area contributed by atoms with Crippen LogP contribution in [-0.4, -0.2) is 26.2 Å². The predicted molar refractivity (Wildman–Crippen MR) is 71.4 cm³/mol. The maximum absolute atomic E-state index is 12.4. The van der Waals surface area contributed by atoms with E-state index in [1.165, 1.54) is 12.1 Å². The lowest BCUT2D eigenvalue weighted by atomic mass is 10.1. The third kappa shape index (κ3) is 2.18. The minimum absolute atomic E-state index is 0.00145. The van der Waals surface area contributed by atoms with Crippen molar-refractivity contribution in [2.24, 2.45) is 5.41 Å². The Morgan fingerprint density at radius 3 is 2.55 bits per heavy atom. The molecule has 20 heavy (non-hydrogen) atoms. The van der Waals surface area contributed by atoms with Crippen LogP contribution in [0.1, 0.15) is 18.9 Å². The van der Waals surface area contributed by atoms with Crippen LogP contribution in [0.5, 0.6) is 0 Å². The van der Waals surface area contributed by atoms with Crippen molar-refractivity contribution in [1.82, 2.24) is 0 Å². The molecule has 1 saturated carbocycles. The molecule has 1 aromatic carbocycles. The Balaban J connectivity index is 2.32. The molecule has 0 heterocycles. The summed E-state index contributed by atoms with van der Waals surface area (Å²) in [5.41, 5.74) is -0.601. The molecule has 0 aromatic heterocycles. The van der Waals surface area contributed by atoms with E-state index in [1.54, 1.807) is 19.1 Å². The Bertz CT molecular complexity index is 672. The Morgan fingerprint density at radius 2 is 2.05 bits per heavy atom. The summed E-state index contributed by atoms with van der Waals surface area (Å²) in [5, 5.41) is 8.15. The van der Waals surface area contributed by atoms with E-state index in [0.29, 0.717) is 0 Å². The van der Waals surface area contributed by atoms with Gasteiger partial charge in [0.05, 0.1) is 22.8 Å². The van der Waals surface area contributed by atoms with Crippen LogP contribution in [0.15, 0.2) is 29.2 Å². The van der Waals surface area contributed by atoms with Gasteiger partial charge in [-0.1, -0.05) is 17.7 Å². The van der Waals surface area contributed by atoms with Gasteiger partial charge in [-0.3, -0.25) is 4.79 Å². The summed E-state index contributed by atoms with van der Waals surface area (Å²) < 4.78 is 29.7. The summed E-state index contributed by atoms with van der Waals surface area (Å²) in [4.78, 5) is 11.9. The van der Waals surface area contributed by atoms with Crippen LogP contribution >= 0.6 is 0 Å². The van der Waals surface area contributed by atoms with E-state index >= 15 is 0 Å². The number of nitriles is 1. The molecular formula is C14H15NO4S. The number of esters is 1. The van der Waals surface area contributed by atoms with Gasteiger partial charge in [-0.05, 0) is 32.4 Å². The highest BCUT2D eigenvalue weighted by Gasteiger charge is 2.68. The maximum atomic E-state index is 12.4. The topological polar surface area (TPSA) is 84.2 Å². The van der Waals surface area contributed by atoms with Gasteiger partial charge >= 0.3 is 5.97 Å². The molecule has 2 rings (SSSR count). The number of carbonyl (C=O) groups is 1. The molecule has 0 bridgehead atoms. The molecule has 1 aliphatic carbocycles. The summed E-state index contributed by atoms with van der Waals surface area (Å²) in [6.07, 6.45) is -0.00145. The van der Waals surface area contributed by atoms with E-state index < -0.39 is 26.5 Å². The largest absolute Gasteiger partial charge is 0.465 e. The number of ether oxygens (including phenoxy) is 1. The first kappa shape index (κ1) is 14.5. The number of rotatable bonds is 4. The van der Waals surface area contributed by atoms with Crippen molar-refractivity contribution in [1.29, 1.82) is 5.26 Å². The van der Waals surface area contributed by atoms with E-state index in [2.05, 4.69) is 0 Å². The van der Waals surface area contributed by atoms with E-state index in [1.807, 2.05) is 13.0 Å². The quantitative estimate of drug-likeness (QED) is 0.787. The standard InChI is InChI=1S/C14H15NO4S/c1-3-19-13(16)14(9-15)8-12(14)20(17,18)11-6-4-10(2)5-7-11/h4-7,12H,3,8H2,1-2H3/t12-,14-/m0/s1. The maximum Gasteiger partial charge on any atom is 0.327 e. The van der Waals surface area contributed by atoms with Crippen molar-refractivity contribution in [3.05, 3.63) is 29.8 Å². The molecule has 0 spiro atoms. The minimum atomic E-state index is -3.69. The number of hydrogen-bond donors (Lipinski definition) is 0. The Labute approximate surface area is 118 Å². The number of benzene rings is 1. The molecule has 106 valence electrons. The van der Waals surface area contributed by atoms with Gasteiger partial charge in [0.15, 0.2) is 15.3 Å². The normalized spacial score (nSPS) is 24.8. The van der Waals surface area contributed by atoms with Crippen molar-refractivity contribution in [3.8, 4) is 6.07 Å². The van der Waals surface area contributed by atoms with Crippen molar-refractivity contribution < 1.29 is 17.9 Å². The van der Waals surface area contributed by atoms with Gasteiger partial charge in [0.1, 0.15) is 0 Å². The van der Waals surface area contributed by atoms with Crippen LogP contribution in [0.25, 0.3) is 0 Å². The molecule has 0 N–H and O–H groups in total. The van der Waals surface area contributed by atoms with Crippen molar-refractivity contribution in [2.45, 2.75) is 30.4 Å². The van der Waals surface area contributed by atoms with Crippen LogP contribution in [0.2, 0.25) is 0 Å². The Morgan fingerprint density at radius 1 is 1.45 bits per heavy atom. The summed E-state index contributed by atoms with van der Waals surface area (Å²) in [6, 6.07) is 8.19. The Hall–Kier alpha value is -1.87. The van der Waals surface area contributed by atoms with Gasteiger partial charge in [-0.25, -0.2) is 8.42 Å². The second-order valence-electron chi connectivity index (χ2n) is 4.85. The summed E-state index contributed by atoms with van der Waals surface area (Å²) in [5.74, 6) is -0.747. The molecular weight excluding hydrogens is 278 g/mol. The van der Waals surface area contributed by atoms with Crippen LogP contribution in [0, 0.1) is 23.7 Å². The number of sulfone groups is 1. The lowest BCUT2D eigenvalue weighted by Gasteiger charge is -2.09. The molecule has 5 nitrogen and oxygen atoms in total. The molecule has 1 fully saturated rings. The zero-order chi connectivity index (χ0) is 15.0. The highest BCUT2D eigenvalue weighted by molar-refractivity contribution is 7.92. The minimum Gasteiger partial charge on any atom is -0.465 e. The fraction of sp³-hybridized carbons (Fsp3) is 0.429. The van der Waals surface area contributed by atoms with Gasteiger partial charge in [-0.15, -0.1) is 0 Å². The number of nitrogens with zero attached hydrogens (tertiary/aromatic N) is 1. The second kappa shape index (κ2) is 4.91. The molecule has 1 aliphatic rings. The highest BCUT2D eigenvalue weighted by Crippen LogP contribution is 2.53. The molecule has 1 aromatic rings. The van der Waals surface area contributed by atoms with E-state index in [-0.39, 0.29) is 17.9 Å². The fourth-order valence-corrected chi connectivity index (χ4v) is 4.14. The van der Waals surface area contributed by atoms with E-state index in [0.717, 1.165) is 5.56 Å². The van der Waals surface area contributed by atoms with Crippen LogP contribution in [0.4, 0.5) is 0 Å². The van der Waals surface area contributed by atoms with Gasteiger partial charge in [0.2, 0.25) is 0 Å². The van der Waals surface area contributed by atoms with E-state index in [9.17, 15) is 13.2 Å². The van der Waals surface area contributed by atoms with Crippen molar-refractivity contribution in [2.75, 3.05) is 6.61 Å². The summed E-state index contributed by atoms with van der Waals surface area (Å²) in [6.45, 7) is 3.60. The van der Waals surface area contributed by atoms with Crippen LogP contribution < -0.4 is 0 Å². The second-order valence-corrected chi connectivity index (χ2v) is 6.98. The first-order valence-corrected chi connectivity index (χ1v) is 7.82. The molecule has 6 heteroatoms. The summed E-state index contributed by atoms with van der Waals surface area (Å²) in [7, 11) is -3.69. The fourth-order valence-electron chi connectivity index (χ4n) is 2.14. The zero-order valence-electron chi connectivity index (χ0n) is 11.3. The monoisotopic (exact) mass is 293 g/mol. The SMILES string of the molecule is CCOC(=O)[C@]1(C#N)C[C@@H]1S(=O)(=O)c1ccc(C)cc1. The Kier molecular flexibility index (Phi) is 3.57. The average Bonchev–Trinajstić information content (AvgIpc) is 3.16. The molecule has 0 aliphatic heterocycles. The van der Waals surface area contributed by atoms with Crippen LogP contribution in [0.3, 0.4) is 0 Å². The first-order chi connectivity index (χ1) is 9.38. The van der Waals surface area contributed by atoms with Gasteiger partial charge in [0.25, 0.3) is 0 Å². The third-order valence-corrected chi connectivity index (χ3v) is 5.71. The lowest BCUT2D eigenvalue weighted by Crippen LogP contribution is -2.25. The average molecular weight is 293 g/mol. The smallest absolute Gasteiger partial charge is 0.327 e. The van der Waals surface area contributed by atoms with Gasteiger partial charge in [0, 0.05) is 0 Å². The molecule has 0 radical (unpaired) electrons. The molecule has 0 unspecified atom stereocenters. The van der Waals surface area contributed by atoms with E-state index in [4.69, 9.17) is 10.00 Å². The number of hydrogen-bond acceptors (Lipinski definition) is 5. The third-order valence-electron chi connectivity index (χ3n) is 3.46. The van der Waals surface area contributed by atoms with Crippen molar-refractivity contribution >= 4 is 15.8 Å². The zero-order valence-corrected chi connectivity index (χ0v) is 12.1. The van der Waals surface area contributed by atoms with Gasteiger partial charge in [-0.2, -0.15) is 5.26 Å². The molecule has 0 amide bonds.